The van der Waals surface area contributed by atoms with E-state index in [1.807, 2.05) is 12.1 Å². The van der Waals surface area contributed by atoms with Gasteiger partial charge in [0.05, 0.1) is 0 Å². The molecule has 0 aliphatic heterocycles. The maximum absolute atomic E-state index is 2.41. The number of nitrogens with zero attached hydrogens (tertiary/aromatic N) is 4. The van der Waals surface area contributed by atoms with Gasteiger partial charge in [-0.25, -0.2) is 0 Å². The van der Waals surface area contributed by atoms with Gasteiger partial charge in [0.25, 0.3) is 0 Å². The lowest BCUT2D eigenvalue weighted by molar-refractivity contribution is 0.660. The third kappa shape index (κ3) is 13.1. The van der Waals surface area contributed by atoms with E-state index in [0.29, 0.717) is 0 Å². The fourth-order valence-corrected chi connectivity index (χ4v) is 17.6. The molecule has 0 spiro atoms. The molecule has 110 heavy (non-hydrogen) atoms. The summed E-state index contributed by atoms with van der Waals surface area (Å²) in [7, 11) is 8.61. The van der Waals surface area contributed by atoms with E-state index in [1.165, 1.54) is 168 Å². The molecule has 4 heteroatoms. The molecule has 0 saturated heterocycles. The summed E-state index contributed by atoms with van der Waals surface area (Å²) in [6.45, 7) is 18.7. The molecular formula is C106H96N4. The number of rotatable bonds is 11. The molecule has 4 nitrogen and oxygen atoms in total. The normalized spacial score (nSPS) is 13.7. The van der Waals surface area contributed by atoms with Crippen molar-refractivity contribution in [3.8, 4) is 77.9 Å². The van der Waals surface area contributed by atoms with E-state index in [4.69, 9.17) is 0 Å². The molecule has 0 aromatic heterocycles. The predicted octanol–water partition coefficient (Wildman–Crippen LogP) is 28.0. The highest BCUT2D eigenvalue weighted by molar-refractivity contribution is 5.97. The molecule has 0 atom stereocenters. The lowest BCUT2D eigenvalue weighted by Gasteiger charge is -2.27. The van der Waals surface area contributed by atoms with Crippen molar-refractivity contribution in [3.05, 3.63) is 408 Å². The number of hydrogen-bond donors (Lipinski definition) is 0. The Bertz CT molecular complexity index is 5710. The second-order valence-corrected chi connectivity index (χ2v) is 31.9. The first-order chi connectivity index (χ1) is 53.3. The summed E-state index contributed by atoms with van der Waals surface area (Å²) < 4.78 is 0. The van der Waals surface area contributed by atoms with Gasteiger partial charge in [0.15, 0.2) is 0 Å². The van der Waals surface area contributed by atoms with Crippen molar-refractivity contribution in [3.63, 3.8) is 0 Å². The van der Waals surface area contributed by atoms with Crippen molar-refractivity contribution >= 4 is 45.5 Å². The standard InChI is InChI=1S/C31H29N.2C28H25N.C19H17N/c1-30(2)22-14-8-6-12-20(22)28-24(30)16-10-18-26(28)32(5)27-19-11-17-25-29(27)21-13-7-9-15-23(21)31(25,3)4;1-28(2)26-12-8-7-11-24(26)25-19-23(17-18-27(25)28)29(3)22-15-13-21(14-16-22)20-9-5-4-6-10-20;1-28(2)26-12-8-7-11-24(26)25-18-17-23(19-27(25)28)29(3)22-15-13-21(14-16-22)20-9-5-4-6-10-20;1-20(18-10-6-3-7-11-18)19-14-12-17(13-15-19)16-8-4-2-5-9-16/h6-19H,1-5H3;2*4-19H,1-3H3;2-15H,1H3. The Morgan fingerprint density at radius 1 is 0.164 bits per heavy atom. The van der Waals surface area contributed by atoms with E-state index >= 15 is 0 Å². The maximum Gasteiger partial charge on any atom is 0.0491 e. The molecule has 15 aromatic carbocycles. The minimum atomic E-state index is 0.00992. The average molecular weight is 1430 g/mol. The van der Waals surface area contributed by atoms with Gasteiger partial charge in [0.1, 0.15) is 0 Å². The quantitative estimate of drug-likeness (QED) is 0.128. The minimum absolute atomic E-state index is 0.00992. The molecule has 0 unspecified atom stereocenters. The van der Waals surface area contributed by atoms with E-state index in [1.54, 1.807) is 0 Å². The molecule has 0 N–H and O–H groups in total. The van der Waals surface area contributed by atoms with Crippen molar-refractivity contribution in [1.82, 2.24) is 0 Å². The van der Waals surface area contributed by atoms with Crippen LogP contribution in [0, 0.1) is 0 Å². The van der Waals surface area contributed by atoms with Gasteiger partial charge in [-0.05, 0) is 196 Å². The summed E-state index contributed by atoms with van der Waals surface area (Å²) in [5.74, 6) is 0. The van der Waals surface area contributed by atoms with E-state index in [2.05, 4.69) is 455 Å². The molecule has 540 valence electrons. The number of fused-ring (bicyclic) bond motifs is 12. The number of hydrogen-bond acceptors (Lipinski definition) is 4. The van der Waals surface area contributed by atoms with Gasteiger partial charge in [-0.15, -0.1) is 0 Å². The number of para-hydroxylation sites is 1. The van der Waals surface area contributed by atoms with Crippen molar-refractivity contribution in [1.29, 1.82) is 0 Å². The number of benzene rings is 15. The van der Waals surface area contributed by atoms with Crippen molar-refractivity contribution in [2.45, 2.75) is 77.0 Å². The lowest BCUT2D eigenvalue weighted by atomic mass is 9.82. The second kappa shape index (κ2) is 29.2. The zero-order valence-corrected chi connectivity index (χ0v) is 65.4. The van der Waals surface area contributed by atoms with Crippen LogP contribution >= 0.6 is 0 Å². The predicted molar refractivity (Wildman–Crippen MR) is 470 cm³/mol. The highest BCUT2D eigenvalue weighted by atomic mass is 15.1. The zero-order valence-electron chi connectivity index (χ0n) is 65.4. The first-order valence-electron chi connectivity index (χ1n) is 38.7. The van der Waals surface area contributed by atoms with E-state index < -0.39 is 0 Å². The molecule has 0 amide bonds. The minimum Gasteiger partial charge on any atom is -0.345 e. The van der Waals surface area contributed by atoms with Gasteiger partial charge in [-0.3, -0.25) is 0 Å². The monoisotopic (exact) mass is 1420 g/mol. The van der Waals surface area contributed by atoms with Crippen molar-refractivity contribution in [2.24, 2.45) is 0 Å². The van der Waals surface area contributed by atoms with Crippen LogP contribution in [0.5, 0.6) is 0 Å². The molecular weight excluding hydrogens is 1330 g/mol. The first-order valence-corrected chi connectivity index (χ1v) is 38.7. The third-order valence-corrected chi connectivity index (χ3v) is 24.0. The summed E-state index contributed by atoms with van der Waals surface area (Å²) in [4.78, 5) is 9.14. The van der Waals surface area contributed by atoms with Crippen LogP contribution in [0.1, 0.15) is 99.9 Å². The Morgan fingerprint density at radius 2 is 0.418 bits per heavy atom. The van der Waals surface area contributed by atoms with Crippen LogP contribution in [0.4, 0.5) is 45.5 Å². The summed E-state index contributed by atoms with van der Waals surface area (Å²) in [5, 5.41) is 0. The summed E-state index contributed by atoms with van der Waals surface area (Å²) in [6, 6.07) is 131. The van der Waals surface area contributed by atoms with Gasteiger partial charge in [0.2, 0.25) is 0 Å². The summed E-state index contributed by atoms with van der Waals surface area (Å²) in [5.41, 5.74) is 39.6. The van der Waals surface area contributed by atoms with E-state index in [0.717, 1.165) is 0 Å². The SMILES string of the molecule is CN(c1ccc(-c2ccccc2)cc1)c1ccc2c(c1)-c1ccccc1C2(C)C.CN(c1ccc(-c2ccccc2)cc1)c1ccc2c(c1)C(C)(C)c1ccccc1-2.CN(c1cccc2c1-c1ccccc1C2(C)C)c1cccc2c1-c1ccccc1C2(C)C.CN(c1ccccc1)c1ccc(-c2ccccc2)cc1. The van der Waals surface area contributed by atoms with Crippen LogP contribution < -0.4 is 19.6 Å². The van der Waals surface area contributed by atoms with Crippen LogP contribution in [0.3, 0.4) is 0 Å². The van der Waals surface area contributed by atoms with Gasteiger partial charge in [0, 0.05) is 106 Å². The first kappa shape index (κ1) is 71.7. The Labute approximate surface area is 652 Å². The van der Waals surface area contributed by atoms with Crippen LogP contribution in [0.25, 0.3) is 77.9 Å². The molecule has 0 fully saturated rings. The van der Waals surface area contributed by atoms with Gasteiger partial charge in [-0.2, -0.15) is 0 Å². The largest absolute Gasteiger partial charge is 0.345 e. The summed E-state index contributed by atoms with van der Waals surface area (Å²) >= 11 is 0. The fourth-order valence-electron chi connectivity index (χ4n) is 17.6. The topological polar surface area (TPSA) is 13.0 Å². The molecule has 19 rings (SSSR count). The van der Waals surface area contributed by atoms with Crippen LogP contribution in [0.2, 0.25) is 0 Å². The Kier molecular flexibility index (Phi) is 19.1. The molecule has 0 radical (unpaired) electrons. The Hall–Kier alpha value is -12.5. The van der Waals surface area contributed by atoms with Gasteiger partial charge < -0.3 is 19.6 Å². The number of anilines is 8. The highest BCUT2D eigenvalue weighted by Crippen LogP contribution is 2.57. The van der Waals surface area contributed by atoms with Crippen LogP contribution in [-0.4, -0.2) is 28.2 Å². The molecule has 0 saturated carbocycles. The van der Waals surface area contributed by atoms with Crippen molar-refractivity contribution in [2.75, 3.05) is 47.8 Å². The van der Waals surface area contributed by atoms with E-state index in [-0.39, 0.29) is 21.7 Å². The van der Waals surface area contributed by atoms with Crippen LogP contribution in [0.15, 0.2) is 364 Å². The van der Waals surface area contributed by atoms with Crippen LogP contribution in [-0.2, 0) is 21.7 Å². The Balaban J connectivity index is 0.000000113. The third-order valence-electron chi connectivity index (χ3n) is 24.0. The molecule has 4 aliphatic carbocycles. The van der Waals surface area contributed by atoms with Crippen molar-refractivity contribution < 1.29 is 0 Å². The zero-order chi connectivity index (χ0) is 76.1. The molecule has 15 aromatic rings. The summed E-state index contributed by atoms with van der Waals surface area (Å²) in [6.07, 6.45) is 0. The molecule has 0 bridgehead atoms. The molecule has 0 heterocycles. The molecule has 4 aliphatic rings. The fraction of sp³-hybridized carbons (Fsp3) is 0.151. The smallest absolute Gasteiger partial charge is 0.0491 e. The van der Waals surface area contributed by atoms with E-state index in [9.17, 15) is 0 Å². The van der Waals surface area contributed by atoms with Gasteiger partial charge >= 0.3 is 0 Å². The lowest BCUT2D eigenvalue weighted by Crippen LogP contribution is -2.17. The highest BCUT2D eigenvalue weighted by Gasteiger charge is 2.41. The maximum atomic E-state index is 2.41. The average Bonchev–Trinajstić information content (AvgIpc) is 1.47. The second-order valence-electron chi connectivity index (χ2n) is 31.9. The van der Waals surface area contributed by atoms with Gasteiger partial charge in [-0.1, -0.05) is 334 Å². The Morgan fingerprint density at radius 3 is 0.827 bits per heavy atom.